The molecule has 20 heavy (non-hydrogen) atoms. The molecule has 0 aliphatic carbocycles. The van der Waals surface area contributed by atoms with Gasteiger partial charge in [-0.15, -0.1) is 11.3 Å². The van der Waals surface area contributed by atoms with Gasteiger partial charge in [-0.3, -0.25) is 4.79 Å². The summed E-state index contributed by atoms with van der Waals surface area (Å²) in [6.07, 6.45) is -0.842. The number of para-hydroxylation sites is 1. The van der Waals surface area contributed by atoms with E-state index in [2.05, 4.69) is 5.32 Å². The lowest BCUT2D eigenvalue weighted by Crippen LogP contribution is -2.29. The summed E-state index contributed by atoms with van der Waals surface area (Å²) < 4.78 is 5.14. The van der Waals surface area contributed by atoms with Gasteiger partial charge >= 0.3 is 5.97 Å². The summed E-state index contributed by atoms with van der Waals surface area (Å²) in [6.45, 7) is 3.46. The second-order valence-electron chi connectivity index (χ2n) is 4.31. The van der Waals surface area contributed by atoms with Gasteiger partial charge in [0.05, 0.1) is 0 Å². The summed E-state index contributed by atoms with van der Waals surface area (Å²) in [5.74, 6) is -0.823. The molecule has 0 spiro atoms. The van der Waals surface area contributed by atoms with Gasteiger partial charge in [-0.2, -0.15) is 0 Å². The van der Waals surface area contributed by atoms with Crippen molar-refractivity contribution in [2.24, 2.45) is 0 Å². The van der Waals surface area contributed by atoms with Gasteiger partial charge in [0.25, 0.3) is 5.91 Å². The van der Waals surface area contributed by atoms with E-state index >= 15 is 0 Å². The van der Waals surface area contributed by atoms with Gasteiger partial charge in [-0.1, -0.05) is 18.2 Å². The molecule has 0 saturated carbocycles. The van der Waals surface area contributed by atoms with Crippen molar-refractivity contribution in [3.63, 3.8) is 0 Å². The maximum atomic E-state index is 11.9. The summed E-state index contributed by atoms with van der Waals surface area (Å²) in [4.78, 5) is 25.3. The molecule has 1 amide bonds. The van der Waals surface area contributed by atoms with Crippen LogP contribution in [0.5, 0.6) is 0 Å². The molecule has 0 bridgehead atoms. The number of anilines is 1. The van der Waals surface area contributed by atoms with Gasteiger partial charge in [0.2, 0.25) is 0 Å². The average molecular weight is 289 g/mol. The molecule has 1 atom stereocenters. The Morgan fingerprint density at radius 1 is 1.15 bits per heavy atom. The second-order valence-corrected chi connectivity index (χ2v) is 5.60. The smallest absolute Gasteiger partial charge is 0.349 e. The van der Waals surface area contributed by atoms with E-state index in [1.165, 1.54) is 11.3 Å². The molecule has 0 saturated heterocycles. The lowest BCUT2D eigenvalue weighted by Gasteiger charge is -2.12. The lowest BCUT2D eigenvalue weighted by molar-refractivity contribution is -0.123. The molecule has 0 fully saturated rings. The molecule has 0 radical (unpaired) electrons. The minimum atomic E-state index is -0.842. The minimum absolute atomic E-state index is 0.349. The molecule has 0 unspecified atom stereocenters. The largest absolute Gasteiger partial charge is 0.448 e. The van der Waals surface area contributed by atoms with Gasteiger partial charge in [-0.05, 0) is 38.1 Å². The van der Waals surface area contributed by atoms with Crippen molar-refractivity contribution in [2.75, 3.05) is 5.32 Å². The van der Waals surface area contributed by atoms with Crippen molar-refractivity contribution in [1.29, 1.82) is 0 Å². The fourth-order valence-electron chi connectivity index (χ4n) is 1.58. The van der Waals surface area contributed by atoms with Crippen molar-refractivity contribution in [1.82, 2.24) is 0 Å². The van der Waals surface area contributed by atoms with Gasteiger partial charge in [0.1, 0.15) is 4.88 Å². The third-order valence-electron chi connectivity index (χ3n) is 2.64. The van der Waals surface area contributed by atoms with Crippen LogP contribution in [0, 0.1) is 6.92 Å². The van der Waals surface area contributed by atoms with Gasteiger partial charge < -0.3 is 10.1 Å². The highest BCUT2D eigenvalue weighted by Gasteiger charge is 2.19. The van der Waals surface area contributed by atoms with E-state index in [0.29, 0.717) is 10.6 Å². The molecule has 104 valence electrons. The maximum absolute atomic E-state index is 11.9. The molecule has 1 heterocycles. The van der Waals surface area contributed by atoms with Gasteiger partial charge in [0.15, 0.2) is 6.10 Å². The van der Waals surface area contributed by atoms with Crippen LogP contribution in [0.1, 0.15) is 21.5 Å². The maximum Gasteiger partial charge on any atom is 0.349 e. The number of benzene rings is 1. The van der Waals surface area contributed by atoms with Gasteiger partial charge in [-0.25, -0.2) is 4.79 Å². The predicted octanol–water partition coefficient (Wildman–Crippen LogP) is 3.24. The van der Waals surface area contributed by atoms with E-state index in [1.54, 1.807) is 25.1 Å². The Bertz CT molecular complexity index is 607. The highest BCUT2D eigenvalue weighted by atomic mass is 32.1. The summed E-state index contributed by atoms with van der Waals surface area (Å²) in [5.41, 5.74) is 0.673. The van der Waals surface area contributed by atoms with Crippen molar-refractivity contribution >= 4 is 28.9 Å². The summed E-state index contributed by atoms with van der Waals surface area (Å²) in [6, 6.07) is 12.6. The SMILES string of the molecule is Cc1ccc(C(=O)O[C@H](C)C(=O)Nc2ccccc2)s1. The molecule has 1 aromatic heterocycles. The Morgan fingerprint density at radius 3 is 2.45 bits per heavy atom. The molecule has 2 rings (SSSR count). The number of hydrogen-bond acceptors (Lipinski definition) is 4. The van der Waals surface area contributed by atoms with E-state index in [0.717, 1.165) is 4.88 Å². The molecular weight excluding hydrogens is 274 g/mol. The Balaban J connectivity index is 1.93. The first-order valence-electron chi connectivity index (χ1n) is 6.19. The van der Waals surface area contributed by atoms with Crippen LogP contribution in [-0.4, -0.2) is 18.0 Å². The standard InChI is InChI=1S/C15H15NO3S/c1-10-8-9-13(20-10)15(18)19-11(2)14(17)16-12-6-4-3-5-7-12/h3-9,11H,1-2H3,(H,16,17)/t11-/m1/s1. The number of amides is 1. The third-order valence-corrected chi connectivity index (χ3v) is 3.62. The number of carbonyl (C=O) groups is 2. The lowest BCUT2D eigenvalue weighted by atomic mass is 10.3. The average Bonchev–Trinajstić information content (AvgIpc) is 2.86. The van der Waals surface area contributed by atoms with Crippen molar-refractivity contribution in [3.8, 4) is 0 Å². The number of aryl methyl sites for hydroxylation is 1. The zero-order valence-electron chi connectivity index (χ0n) is 11.3. The van der Waals surface area contributed by atoms with E-state index in [4.69, 9.17) is 4.74 Å². The summed E-state index contributed by atoms with van der Waals surface area (Å²) >= 11 is 1.35. The zero-order valence-corrected chi connectivity index (χ0v) is 12.1. The minimum Gasteiger partial charge on any atom is -0.448 e. The number of esters is 1. The van der Waals surface area contributed by atoms with Crippen LogP contribution in [-0.2, 0) is 9.53 Å². The first-order chi connectivity index (χ1) is 9.56. The number of nitrogens with one attached hydrogen (secondary N) is 1. The first-order valence-corrected chi connectivity index (χ1v) is 7.01. The Hall–Kier alpha value is -2.14. The molecule has 2 aromatic rings. The highest BCUT2D eigenvalue weighted by Crippen LogP contribution is 2.17. The normalized spacial score (nSPS) is 11.7. The Morgan fingerprint density at radius 2 is 1.85 bits per heavy atom. The fraction of sp³-hybridized carbons (Fsp3) is 0.200. The molecule has 1 N–H and O–H groups in total. The quantitative estimate of drug-likeness (QED) is 0.879. The van der Waals surface area contributed by atoms with E-state index in [1.807, 2.05) is 31.2 Å². The van der Waals surface area contributed by atoms with Crippen molar-refractivity contribution < 1.29 is 14.3 Å². The number of ether oxygens (including phenoxy) is 1. The number of carbonyl (C=O) groups excluding carboxylic acids is 2. The first kappa shape index (κ1) is 14.3. The third kappa shape index (κ3) is 3.68. The van der Waals surface area contributed by atoms with Crippen LogP contribution in [0.2, 0.25) is 0 Å². The highest BCUT2D eigenvalue weighted by molar-refractivity contribution is 7.13. The summed E-state index contributed by atoms with van der Waals surface area (Å²) in [7, 11) is 0. The van der Waals surface area contributed by atoms with E-state index < -0.39 is 12.1 Å². The van der Waals surface area contributed by atoms with Gasteiger partial charge in [0, 0.05) is 10.6 Å². The second kappa shape index (κ2) is 6.34. The molecule has 4 nitrogen and oxygen atoms in total. The monoisotopic (exact) mass is 289 g/mol. The molecule has 1 aromatic carbocycles. The van der Waals surface area contributed by atoms with Crippen LogP contribution >= 0.6 is 11.3 Å². The van der Waals surface area contributed by atoms with Crippen LogP contribution in [0.3, 0.4) is 0 Å². The molecule has 0 aliphatic heterocycles. The number of thiophene rings is 1. The summed E-state index contributed by atoms with van der Waals surface area (Å²) in [5, 5.41) is 2.69. The van der Waals surface area contributed by atoms with Crippen LogP contribution in [0.25, 0.3) is 0 Å². The van der Waals surface area contributed by atoms with Crippen LogP contribution in [0.4, 0.5) is 5.69 Å². The molecule has 5 heteroatoms. The predicted molar refractivity (Wildman–Crippen MR) is 79.0 cm³/mol. The van der Waals surface area contributed by atoms with Crippen molar-refractivity contribution in [2.45, 2.75) is 20.0 Å². The van der Waals surface area contributed by atoms with E-state index in [-0.39, 0.29) is 5.91 Å². The number of hydrogen-bond donors (Lipinski definition) is 1. The topological polar surface area (TPSA) is 55.4 Å². The Kier molecular flexibility index (Phi) is 4.53. The molecule has 0 aliphatic rings. The van der Waals surface area contributed by atoms with E-state index in [9.17, 15) is 9.59 Å². The van der Waals surface area contributed by atoms with Crippen molar-refractivity contribution in [3.05, 3.63) is 52.2 Å². The van der Waals surface area contributed by atoms with Crippen LogP contribution < -0.4 is 5.32 Å². The Labute approximate surface area is 121 Å². The number of rotatable bonds is 4. The molecular formula is C15H15NO3S. The van der Waals surface area contributed by atoms with Crippen LogP contribution in [0.15, 0.2) is 42.5 Å². The zero-order chi connectivity index (χ0) is 14.5. The fourth-order valence-corrected chi connectivity index (χ4v) is 2.33.